The number of aromatic nitrogens is 3. The first-order chi connectivity index (χ1) is 10.2. The molecule has 0 aliphatic carbocycles. The number of aryl methyl sites for hydroxylation is 2. The zero-order chi connectivity index (χ0) is 14.7. The molecule has 1 atom stereocenters. The zero-order valence-corrected chi connectivity index (χ0v) is 12.7. The molecule has 0 N–H and O–H groups in total. The van der Waals surface area contributed by atoms with E-state index in [4.69, 9.17) is 4.74 Å². The lowest BCUT2D eigenvalue weighted by atomic mass is 10.2. The summed E-state index contributed by atoms with van der Waals surface area (Å²) in [4.78, 5) is 6.61. The minimum atomic E-state index is 0.202. The van der Waals surface area contributed by atoms with Crippen LogP contribution in [0.3, 0.4) is 0 Å². The highest BCUT2D eigenvalue weighted by atomic mass is 16.5. The van der Waals surface area contributed by atoms with E-state index < -0.39 is 0 Å². The normalized spacial score (nSPS) is 19.8. The first-order valence-electron chi connectivity index (χ1n) is 7.44. The van der Waals surface area contributed by atoms with Gasteiger partial charge in [-0.1, -0.05) is 6.07 Å². The maximum absolute atomic E-state index is 5.90. The Morgan fingerprint density at radius 1 is 1.38 bits per heavy atom. The van der Waals surface area contributed by atoms with Crippen molar-refractivity contribution in [2.24, 2.45) is 0 Å². The molecule has 2 aromatic heterocycles. The minimum Gasteiger partial charge on any atom is -0.374 e. The smallest absolute Gasteiger partial charge is 0.0898 e. The molecule has 112 valence electrons. The lowest BCUT2D eigenvalue weighted by molar-refractivity contribution is -0.0405. The van der Waals surface area contributed by atoms with Gasteiger partial charge in [0.15, 0.2) is 0 Å². The summed E-state index contributed by atoms with van der Waals surface area (Å²) in [6.45, 7) is 8.57. The second-order valence-corrected chi connectivity index (χ2v) is 5.70. The molecule has 5 heteroatoms. The molecule has 0 radical (unpaired) electrons. The third-order valence-electron chi connectivity index (χ3n) is 3.83. The summed E-state index contributed by atoms with van der Waals surface area (Å²) in [5.74, 6) is 0. The Hall–Kier alpha value is -1.72. The molecule has 0 spiro atoms. The van der Waals surface area contributed by atoms with Crippen LogP contribution in [0, 0.1) is 13.8 Å². The van der Waals surface area contributed by atoms with Crippen LogP contribution in [-0.4, -0.2) is 45.5 Å². The summed E-state index contributed by atoms with van der Waals surface area (Å²) in [5.41, 5.74) is 3.51. The van der Waals surface area contributed by atoms with Gasteiger partial charge in [-0.15, -0.1) is 0 Å². The third-order valence-corrected chi connectivity index (χ3v) is 3.83. The molecule has 1 aliphatic rings. The molecule has 21 heavy (non-hydrogen) atoms. The van der Waals surface area contributed by atoms with Crippen LogP contribution in [0.25, 0.3) is 0 Å². The number of hydrogen-bond acceptors (Lipinski definition) is 4. The van der Waals surface area contributed by atoms with E-state index in [1.165, 1.54) is 11.3 Å². The maximum atomic E-state index is 5.90. The number of nitrogens with zero attached hydrogens (tertiary/aromatic N) is 4. The summed E-state index contributed by atoms with van der Waals surface area (Å²) >= 11 is 0. The van der Waals surface area contributed by atoms with Gasteiger partial charge in [0.1, 0.15) is 0 Å². The summed E-state index contributed by atoms with van der Waals surface area (Å²) < 4.78 is 7.95. The van der Waals surface area contributed by atoms with Crippen LogP contribution in [0.5, 0.6) is 0 Å². The van der Waals surface area contributed by atoms with Crippen LogP contribution < -0.4 is 0 Å². The first-order valence-corrected chi connectivity index (χ1v) is 7.44. The van der Waals surface area contributed by atoms with Crippen molar-refractivity contribution in [2.75, 3.05) is 19.7 Å². The molecule has 2 aromatic rings. The van der Waals surface area contributed by atoms with Crippen molar-refractivity contribution < 1.29 is 4.74 Å². The first kappa shape index (κ1) is 14.2. The van der Waals surface area contributed by atoms with Crippen LogP contribution in [0.4, 0.5) is 0 Å². The highest BCUT2D eigenvalue weighted by Crippen LogP contribution is 2.12. The number of ether oxygens (including phenoxy) is 1. The Morgan fingerprint density at radius 2 is 2.29 bits per heavy atom. The Balaban J connectivity index is 1.59. The minimum absolute atomic E-state index is 0.202. The van der Waals surface area contributed by atoms with E-state index in [2.05, 4.69) is 34.0 Å². The molecule has 0 amide bonds. The molecular weight excluding hydrogens is 264 g/mol. The molecule has 1 saturated heterocycles. The van der Waals surface area contributed by atoms with Crippen molar-refractivity contribution in [3.8, 4) is 0 Å². The van der Waals surface area contributed by atoms with Crippen LogP contribution >= 0.6 is 0 Å². The fraction of sp³-hybridized carbons (Fsp3) is 0.500. The monoisotopic (exact) mass is 286 g/mol. The average molecular weight is 286 g/mol. The highest BCUT2D eigenvalue weighted by Gasteiger charge is 2.21. The molecule has 0 bridgehead atoms. The van der Waals surface area contributed by atoms with Crippen molar-refractivity contribution in [1.82, 2.24) is 19.7 Å². The van der Waals surface area contributed by atoms with Gasteiger partial charge in [0.05, 0.1) is 24.9 Å². The fourth-order valence-electron chi connectivity index (χ4n) is 2.84. The lowest BCUT2D eigenvalue weighted by Gasteiger charge is -2.33. The van der Waals surface area contributed by atoms with Crippen molar-refractivity contribution in [3.05, 3.63) is 47.5 Å². The molecular formula is C16H22N4O. The summed E-state index contributed by atoms with van der Waals surface area (Å²) in [6.07, 6.45) is 3.95. The summed E-state index contributed by atoms with van der Waals surface area (Å²) in [7, 11) is 0. The van der Waals surface area contributed by atoms with Gasteiger partial charge < -0.3 is 4.74 Å². The SMILES string of the molecule is Cc1cc(C)n(C[C@@H]2CN(Cc3cccnc3)CCO2)n1. The van der Waals surface area contributed by atoms with Gasteiger partial charge in [0.2, 0.25) is 0 Å². The van der Waals surface area contributed by atoms with Crippen molar-refractivity contribution in [3.63, 3.8) is 0 Å². The quantitative estimate of drug-likeness (QED) is 0.859. The topological polar surface area (TPSA) is 43.2 Å². The van der Waals surface area contributed by atoms with E-state index in [0.717, 1.165) is 38.5 Å². The average Bonchev–Trinajstić information content (AvgIpc) is 2.78. The second kappa shape index (κ2) is 6.37. The van der Waals surface area contributed by atoms with E-state index in [1.54, 1.807) is 0 Å². The van der Waals surface area contributed by atoms with Gasteiger partial charge in [0, 0.05) is 37.7 Å². The maximum Gasteiger partial charge on any atom is 0.0898 e. The van der Waals surface area contributed by atoms with Gasteiger partial charge in [-0.2, -0.15) is 5.10 Å². The Kier molecular flexibility index (Phi) is 4.31. The van der Waals surface area contributed by atoms with Crippen LogP contribution in [0.15, 0.2) is 30.6 Å². The number of morpholine rings is 1. The van der Waals surface area contributed by atoms with E-state index in [0.29, 0.717) is 0 Å². The van der Waals surface area contributed by atoms with Crippen LogP contribution in [-0.2, 0) is 17.8 Å². The molecule has 1 fully saturated rings. The number of pyridine rings is 1. The van der Waals surface area contributed by atoms with Gasteiger partial charge in [0.25, 0.3) is 0 Å². The fourth-order valence-corrected chi connectivity index (χ4v) is 2.84. The van der Waals surface area contributed by atoms with Crippen molar-refractivity contribution >= 4 is 0 Å². The molecule has 0 unspecified atom stereocenters. The van der Waals surface area contributed by atoms with E-state index >= 15 is 0 Å². The van der Waals surface area contributed by atoms with Crippen LogP contribution in [0.1, 0.15) is 17.0 Å². The Morgan fingerprint density at radius 3 is 3.00 bits per heavy atom. The standard InChI is InChI=1S/C16H22N4O/c1-13-8-14(2)20(18-13)12-16-11-19(6-7-21-16)10-15-4-3-5-17-9-15/h3-5,8-9,16H,6-7,10-12H2,1-2H3/t16-/m0/s1. The van der Waals surface area contributed by atoms with Gasteiger partial charge in [-0.25, -0.2) is 0 Å². The summed E-state index contributed by atoms with van der Waals surface area (Å²) in [6, 6.07) is 6.22. The third kappa shape index (κ3) is 3.68. The molecule has 3 heterocycles. The molecule has 0 aromatic carbocycles. The largest absolute Gasteiger partial charge is 0.374 e. The summed E-state index contributed by atoms with van der Waals surface area (Å²) in [5, 5.41) is 4.52. The van der Waals surface area contributed by atoms with Gasteiger partial charge in [-0.05, 0) is 31.5 Å². The molecule has 0 saturated carbocycles. The number of hydrogen-bond donors (Lipinski definition) is 0. The predicted octanol–water partition coefficient (Wildman–Crippen LogP) is 1.80. The van der Waals surface area contributed by atoms with Crippen molar-refractivity contribution in [1.29, 1.82) is 0 Å². The van der Waals surface area contributed by atoms with Crippen molar-refractivity contribution in [2.45, 2.75) is 33.0 Å². The molecule has 3 rings (SSSR count). The van der Waals surface area contributed by atoms with Gasteiger partial charge >= 0.3 is 0 Å². The van der Waals surface area contributed by atoms with E-state index in [9.17, 15) is 0 Å². The Bertz CT molecular complexity index is 581. The lowest BCUT2D eigenvalue weighted by Crippen LogP contribution is -2.43. The van der Waals surface area contributed by atoms with E-state index in [-0.39, 0.29) is 6.10 Å². The number of rotatable bonds is 4. The molecule has 5 nitrogen and oxygen atoms in total. The van der Waals surface area contributed by atoms with E-state index in [1.807, 2.05) is 30.1 Å². The second-order valence-electron chi connectivity index (χ2n) is 5.70. The Labute approximate surface area is 125 Å². The highest BCUT2D eigenvalue weighted by molar-refractivity contribution is 5.09. The van der Waals surface area contributed by atoms with Gasteiger partial charge in [-0.3, -0.25) is 14.6 Å². The predicted molar refractivity (Wildman–Crippen MR) is 81.0 cm³/mol. The van der Waals surface area contributed by atoms with Crippen LogP contribution in [0.2, 0.25) is 0 Å². The zero-order valence-electron chi connectivity index (χ0n) is 12.7. The molecule has 1 aliphatic heterocycles.